The van der Waals surface area contributed by atoms with Gasteiger partial charge in [-0.15, -0.1) is 0 Å². The molecule has 0 aliphatic carbocycles. The molecule has 7 nitrogen and oxygen atoms in total. The van der Waals surface area contributed by atoms with Crippen molar-refractivity contribution < 1.29 is 17.9 Å². The number of hydrogen-bond donors (Lipinski definition) is 2. The highest BCUT2D eigenvalue weighted by Gasteiger charge is 2.23. The molecule has 0 spiro atoms. The molecule has 0 saturated carbocycles. The molecule has 1 fully saturated rings. The molecule has 8 heteroatoms. The van der Waals surface area contributed by atoms with Gasteiger partial charge >= 0.3 is 0 Å². The normalized spacial score (nSPS) is 22.3. The monoisotopic (exact) mass is 355 g/mol. The standard InChI is InChI=1S/C16H25N3O4S/c1-12-9-19(10-13(2)23-12)11-16(20)18-8-7-14-3-5-15(6-4-14)24(17,21)22/h3-6,12-13H,7-11H2,1-2H3,(H,18,20)(H2,17,21,22). The predicted molar refractivity (Wildman–Crippen MR) is 91.0 cm³/mol. The minimum absolute atomic E-state index is 0.0162. The Balaban J connectivity index is 1.74. The number of sulfonamides is 1. The quantitative estimate of drug-likeness (QED) is 0.754. The van der Waals surface area contributed by atoms with Crippen LogP contribution in [0.2, 0.25) is 0 Å². The lowest BCUT2D eigenvalue weighted by Gasteiger charge is -2.34. The molecular weight excluding hydrogens is 330 g/mol. The average Bonchev–Trinajstić information content (AvgIpc) is 2.45. The van der Waals surface area contributed by atoms with Crippen molar-refractivity contribution in [3.05, 3.63) is 29.8 Å². The highest BCUT2D eigenvalue weighted by atomic mass is 32.2. The van der Waals surface area contributed by atoms with Crippen molar-refractivity contribution in [3.8, 4) is 0 Å². The number of rotatable bonds is 6. The first-order chi connectivity index (χ1) is 11.2. The second-order valence-electron chi connectivity index (χ2n) is 6.24. The Labute approximate surface area is 143 Å². The van der Waals surface area contributed by atoms with Crippen LogP contribution >= 0.6 is 0 Å². The molecular formula is C16H25N3O4S. The summed E-state index contributed by atoms with van der Waals surface area (Å²) in [5.74, 6) is -0.0162. The smallest absolute Gasteiger partial charge is 0.238 e. The summed E-state index contributed by atoms with van der Waals surface area (Å²) in [6.45, 7) is 6.39. The van der Waals surface area contributed by atoms with Crippen molar-refractivity contribution in [2.24, 2.45) is 5.14 Å². The molecule has 3 N–H and O–H groups in total. The van der Waals surface area contributed by atoms with E-state index < -0.39 is 10.0 Å². The Morgan fingerprint density at radius 1 is 1.25 bits per heavy atom. The minimum atomic E-state index is -3.66. The molecule has 1 aliphatic rings. The van der Waals surface area contributed by atoms with Gasteiger partial charge in [0.2, 0.25) is 15.9 Å². The molecule has 1 aromatic carbocycles. The number of ether oxygens (including phenoxy) is 1. The number of nitrogens with zero attached hydrogens (tertiary/aromatic N) is 1. The summed E-state index contributed by atoms with van der Waals surface area (Å²) in [5, 5.41) is 7.95. The van der Waals surface area contributed by atoms with Crippen LogP contribution in [-0.2, 0) is 26.0 Å². The fourth-order valence-electron chi connectivity index (χ4n) is 2.86. The Morgan fingerprint density at radius 2 is 1.83 bits per heavy atom. The number of hydrogen-bond acceptors (Lipinski definition) is 5. The van der Waals surface area contributed by atoms with E-state index in [0.29, 0.717) is 19.5 Å². The fourth-order valence-corrected chi connectivity index (χ4v) is 3.38. The lowest BCUT2D eigenvalue weighted by atomic mass is 10.1. The van der Waals surface area contributed by atoms with Crippen LogP contribution in [0.1, 0.15) is 19.4 Å². The summed E-state index contributed by atoms with van der Waals surface area (Å²) < 4.78 is 28.0. The average molecular weight is 355 g/mol. The van der Waals surface area contributed by atoms with E-state index in [1.165, 1.54) is 12.1 Å². The van der Waals surface area contributed by atoms with Crippen LogP contribution in [0.15, 0.2) is 29.2 Å². The zero-order valence-electron chi connectivity index (χ0n) is 14.1. The van der Waals surface area contributed by atoms with Gasteiger partial charge in [0.1, 0.15) is 0 Å². The van der Waals surface area contributed by atoms with Gasteiger partial charge in [0.25, 0.3) is 0 Å². The first-order valence-electron chi connectivity index (χ1n) is 8.00. The first-order valence-corrected chi connectivity index (χ1v) is 9.55. The Hall–Kier alpha value is -1.48. The minimum Gasteiger partial charge on any atom is -0.373 e. The summed E-state index contributed by atoms with van der Waals surface area (Å²) in [7, 11) is -3.66. The molecule has 2 atom stereocenters. The zero-order chi connectivity index (χ0) is 17.7. The van der Waals surface area contributed by atoms with E-state index in [2.05, 4.69) is 10.2 Å². The molecule has 1 aliphatic heterocycles. The van der Waals surface area contributed by atoms with E-state index in [9.17, 15) is 13.2 Å². The van der Waals surface area contributed by atoms with Gasteiger partial charge in [-0.1, -0.05) is 12.1 Å². The Morgan fingerprint density at radius 3 is 2.38 bits per heavy atom. The second kappa shape index (κ2) is 8.06. The van der Waals surface area contributed by atoms with Crippen LogP contribution in [-0.4, -0.2) is 57.6 Å². The third kappa shape index (κ3) is 5.86. The van der Waals surface area contributed by atoms with Crippen LogP contribution in [0.3, 0.4) is 0 Å². The van der Waals surface area contributed by atoms with Crippen molar-refractivity contribution in [1.82, 2.24) is 10.2 Å². The number of amides is 1. The summed E-state index contributed by atoms with van der Waals surface area (Å²) in [4.78, 5) is 14.2. The van der Waals surface area contributed by atoms with Crippen molar-refractivity contribution in [1.29, 1.82) is 0 Å². The molecule has 0 radical (unpaired) electrons. The Bertz CT molecular complexity index is 650. The molecule has 1 aromatic rings. The van der Waals surface area contributed by atoms with Crippen LogP contribution in [0, 0.1) is 0 Å². The maximum atomic E-state index is 12.0. The molecule has 0 aromatic heterocycles. The van der Waals surface area contributed by atoms with Gasteiger partial charge in [-0.25, -0.2) is 13.6 Å². The maximum absolute atomic E-state index is 12.0. The molecule has 134 valence electrons. The Kier molecular flexibility index (Phi) is 6.34. The van der Waals surface area contributed by atoms with E-state index in [1.807, 2.05) is 13.8 Å². The number of primary sulfonamides is 1. The zero-order valence-corrected chi connectivity index (χ0v) is 14.9. The summed E-state index contributed by atoms with van der Waals surface area (Å²) in [5.41, 5.74) is 0.941. The number of carbonyl (C=O) groups is 1. The maximum Gasteiger partial charge on any atom is 0.238 e. The van der Waals surface area contributed by atoms with Crippen LogP contribution < -0.4 is 10.5 Å². The lowest BCUT2D eigenvalue weighted by Crippen LogP contribution is -2.49. The van der Waals surface area contributed by atoms with Crippen molar-refractivity contribution in [2.45, 2.75) is 37.4 Å². The number of carbonyl (C=O) groups excluding carboxylic acids is 1. The van der Waals surface area contributed by atoms with Gasteiger partial charge in [0.15, 0.2) is 0 Å². The molecule has 2 rings (SSSR count). The number of morpholine rings is 1. The van der Waals surface area contributed by atoms with Crippen LogP contribution in [0.5, 0.6) is 0 Å². The first kappa shape index (κ1) is 18.9. The van der Waals surface area contributed by atoms with Crippen LogP contribution in [0.25, 0.3) is 0 Å². The van der Waals surface area contributed by atoms with E-state index in [1.54, 1.807) is 12.1 Å². The molecule has 2 unspecified atom stereocenters. The SMILES string of the molecule is CC1CN(CC(=O)NCCc2ccc(S(N)(=O)=O)cc2)CC(C)O1. The number of nitrogens with one attached hydrogen (secondary N) is 1. The molecule has 1 heterocycles. The molecule has 24 heavy (non-hydrogen) atoms. The van der Waals surface area contributed by atoms with Gasteiger partial charge in [-0.05, 0) is 38.0 Å². The summed E-state index contributed by atoms with van der Waals surface area (Å²) in [6.07, 6.45) is 0.907. The van der Waals surface area contributed by atoms with Crippen molar-refractivity contribution in [2.75, 3.05) is 26.2 Å². The third-order valence-electron chi connectivity index (χ3n) is 3.85. The molecule has 0 bridgehead atoms. The third-order valence-corrected chi connectivity index (χ3v) is 4.78. The largest absolute Gasteiger partial charge is 0.373 e. The van der Waals surface area contributed by atoms with E-state index in [-0.39, 0.29) is 23.0 Å². The van der Waals surface area contributed by atoms with Gasteiger partial charge < -0.3 is 10.1 Å². The fraction of sp³-hybridized carbons (Fsp3) is 0.562. The van der Waals surface area contributed by atoms with E-state index in [4.69, 9.17) is 9.88 Å². The summed E-state index contributed by atoms with van der Waals surface area (Å²) >= 11 is 0. The van der Waals surface area contributed by atoms with Crippen LogP contribution in [0.4, 0.5) is 0 Å². The second-order valence-corrected chi connectivity index (χ2v) is 7.80. The summed E-state index contributed by atoms with van der Waals surface area (Å²) in [6, 6.07) is 6.36. The highest BCUT2D eigenvalue weighted by Crippen LogP contribution is 2.10. The van der Waals surface area contributed by atoms with E-state index >= 15 is 0 Å². The number of benzene rings is 1. The van der Waals surface area contributed by atoms with Gasteiger partial charge in [0, 0.05) is 19.6 Å². The van der Waals surface area contributed by atoms with Crippen molar-refractivity contribution >= 4 is 15.9 Å². The number of nitrogens with two attached hydrogens (primary N) is 1. The van der Waals surface area contributed by atoms with Gasteiger partial charge in [-0.3, -0.25) is 9.69 Å². The van der Waals surface area contributed by atoms with Gasteiger partial charge in [0.05, 0.1) is 23.6 Å². The van der Waals surface area contributed by atoms with Gasteiger partial charge in [-0.2, -0.15) is 0 Å². The van der Waals surface area contributed by atoms with Crippen molar-refractivity contribution in [3.63, 3.8) is 0 Å². The molecule has 1 saturated heterocycles. The van der Waals surface area contributed by atoms with E-state index in [0.717, 1.165) is 18.7 Å². The topological polar surface area (TPSA) is 102 Å². The highest BCUT2D eigenvalue weighted by molar-refractivity contribution is 7.89. The molecule has 1 amide bonds. The predicted octanol–water partition coefficient (Wildman–Crippen LogP) is 0.102. The lowest BCUT2D eigenvalue weighted by molar-refractivity contribution is -0.125.